The minimum Gasteiger partial charge on any atom is -0.135 e. The molecule has 0 saturated carbocycles. The summed E-state index contributed by atoms with van der Waals surface area (Å²) >= 11 is 10.1. The zero-order valence-corrected chi connectivity index (χ0v) is 17.1. The van der Waals surface area contributed by atoms with E-state index < -0.39 is 0 Å². The molecule has 0 bridgehead atoms. The van der Waals surface area contributed by atoms with Crippen molar-refractivity contribution < 1.29 is 0 Å². The molecule has 0 saturated heterocycles. The molecule has 2 heteroatoms. The van der Waals surface area contributed by atoms with Gasteiger partial charge in [0.25, 0.3) is 0 Å². The van der Waals surface area contributed by atoms with Gasteiger partial charge in [-0.05, 0) is 44.2 Å². The van der Waals surface area contributed by atoms with Crippen LogP contribution in [0.5, 0.6) is 0 Å². The molecule has 1 aliphatic rings. The standard InChI is InChI=1S/C22H26S2/c1-21(2,3)13-7-9-15-16-10-8-14(22(4,5)6)12-18(16)19(20(23)24)17(15)11-13/h7-12,19H,1-6H3,(H,23,24). The first-order chi connectivity index (χ1) is 11.0. The van der Waals surface area contributed by atoms with E-state index >= 15 is 0 Å². The zero-order valence-electron chi connectivity index (χ0n) is 15.4. The molecule has 2 aromatic carbocycles. The van der Waals surface area contributed by atoms with Crippen molar-refractivity contribution in [3.05, 3.63) is 58.7 Å². The molecule has 2 aromatic rings. The molecule has 0 N–H and O–H groups in total. The zero-order chi connectivity index (χ0) is 17.9. The fraction of sp³-hybridized carbons (Fsp3) is 0.409. The van der Waals surface area contributed by atoms with Gasteiger partial charge in [-0.3, -0.25) is 0 Å². The maximum atomic E-state index is 5.55. The van der Waals surface area contributed by atoms with Crippen molar-refractivity contribution >= 4 is 29.0 Å². The molecular weight excluding hydrogens is 328 g/mol. The lowest BCUT2D eigenvalue weighted by Gasteiger charge is -2.22. The molecule has 0 aromatic heterocycles. The fourth-order valence-electron chi connectivity index (χ4n) is 3.46. The molecule has 0 aliphatic heterocycles. The second-order valence-corrected chi connectivity index (χ2v) is 10.1. The number of thiol groups is 1. The van der Waals surface area contributed by atoms with E-state index in [9.17, 15) is 0 Å². The number of thiocarbonyl (C=S) groups is 1. The number of hydrogen-bond donors (Lipinski definition) is 1. The summed E-state index contributed by atoms with van der Waals surface area (Å²) < 4.78 is 0.757. The monoisotopic (exact) mass is 354 g/mol. The van der Waals surface area contributed by atoms with E-state index in [2.05, 4.69) is 90.6 Å². The van der Waals surface area contributed by atoms with Crippen molar-refractivity contribution in [1.82, 2.24) is 0 Å². The van der Waals surface area contributed by atoms with Crippen molar-refractivity contribution in [3.8, 4) is 11.1 Å². The predicted octanol–water partition coefficient (Wildman–Crippen LogP) is 6.65. The van der Waals surface area contributed by atoms with Crippen LogP contribution in [0.15, 0.2) is 36.4 Å². The molecule has 0 amide bonds. The minimum absolute atomic E-state index is 0.109. The predicted molar refractivity (Wildman–Crippen MR) is 113 cm³/mol. The van der Waals surface area contributed by atoms with Crippen molar-refractivity contribution in [2.75, 3.05) is 0 Å². The average molecular weight is 355 g/mol. The highest BCUT2D eigenvalue weighted by Crippen LogP contribution is 2.48. The van der Waals surface area contributed by atoms with Crippen molar-refractivity contribution in [1.29, 1.82) is 0 Å². The first-order valence-corrected chi connectivity index (χ1v) is 9.38. The van der Waals surface area contributed by atoms with Crippen LogP contribution in [-0.4, -0.2) is 4.20 Å². The highest BCUT2D eigenvalue weighted by molar-refractivity contribution is 8.11. The van der Waals surface area contributed by atoms with Gasteiger partial charge in [0.05, 0.1) is 10.1 Å². The van der Waals surface area contributed by atoms with Gasteiger partial charge < -0.3 is 0 Å². The summed E-state index contributed by atoms with van der Waals surface area (Å²) in [6.45, 7) is 13.5. The third kappa shape index (κ3) is 2.95. The molecule has 0 heterocycles. The highest BCUT2D eigenvalue weighted by Gasteiger charge is 2.32. The molecule has 0 atom stereocenters. The smallest absolute Gasteiger partial charge is 0.0567 e. The van der Waals surface area contributed by atoms with Gasteiger partial charge in [0.15, 0.2) is 0 Å². The Hall–Kier alpha value is -1.12. The van der Waals surface area contributed by atoms with Gasteiger partial charge in [0, 0.05) is 0 Å². The van der Waals surface area contributed by atoms with E-state index in [1.165, 1.54) is 33.4 Å². The van der Waals surface area contributed by atoms with Crippen LogP contribution in [0.3, 0.4) is 0 Å². The van der Waals surface area contributed by atoms with Gasteiger partial charge in [-0.1, -0.05) is 90.2 Å². The molecule has 0 fully saturated rings. The van der Waals surface area contributed by atoms with E-state index in [1.54, 1.807) is 0 Å². The third-order valence-electron chi connectivity index (χ3n) is 4.99. The Morgan fingerprint density at radius 2 is 1.17 bits per heavy atom. The summed E-state index contributed by atoms with van der Waals surface area (Å²) in [5.41, 5.74) is 8.18. The van der Waals surface area contributed by atoms with Gasteiger partial charge >= 0.3 is 0 Å². The van der Waals surface area contributed by atoms with Crippen LogP contribution in [0.25, 0.3) is 11.1 Å². The third-order valence-corrected chi connectivity index (χ3v) is 5.49. The number of benzene rings is 2. The SMILES string of the molecule is CC(C)(C)c1ccc2c(c1)C(C(=S)S)c1cc(C(C)(C)C)ccc1-2. The largest absolute Gasteiger partial charge is 0.135 e. The van der Waals surface area contributed by atoms with Crippen LogP contribution in [0.2, 0.25) is 0 Å². The molecule has 3 rings (SSSR count). The normalized spacial score (nSPS) is 14.5. The molecule has 24 heavy (non-hydrogen) atoms. The van der Waals surface area contributed by atoms with Crippen LogP contribution in [0.1, 0.15) is 69.7 Å². The minimum atomic E-state index is 0.109. The van der Waals surface area contributed by atoms with Crippen molar-refractivity contribution in [2.45, 2.75) is 58.3 Å². The van der Waals surface area contributed by atoms with Crippen molar-refractivity contribution in [3.63, 3.8) is 0 Å². The van der Waals surface area contributed by atoms with E-state index in [-0.39, 0.29) is 16.7 Å². The Morgan fingerprint density at radius 1 is 0.792 bits per heavy atom. The fourth-order valence-corrected chi connectivity index (χ4v) is 3.99. The van der Waals surface area contributed by atoms with Crippen LogP contribution in [0, 0.1) is 0 Å². The lowest BCUT2D eigenvalue weighted by Crippen LogP contribution is -2.13. The van der Waals surface area contributed by atoms with E-state index in [1.807, 2.05) is 0 Å². The maximum Gasteiger partial charge on any atom is 0.0567 e. The summed E-state index contributed by atoms with van der Waals surface area (Å²) in [5, 5.41) is 0. The molecule has 126 valence electrons. The van der Waals surface area contributed by atoms with E-state index in [0.717, 1.165) is 4.20 Å². The van der Waals surface area contributed by atoms with Gasteiger partial charge in [-0.15, -0.1) is 12.6 Å². The summed E-state index contributed by atoms with van der Waals surface area (Å²) in [6.07, 6.45) is 0. The van der Waals surface area contributed by atoms with Crippen LogP contribution >= 0.6 is 24.8 Å². The van der Waals surface area contributed by atoms with Gasteiger partial charge in [-0.2, -0.15) is 0 Å². The topological polar surface area (TPSA) is 0 Å². The number of hydrogen-bond acceptors (Lipinski definition) is 1. The molecule has 0 spiro atoms. The lowest BCUT2D eigenvalue weighted by atomic mass is 9.84. The Bertz CT molecular complexity index is 753. The summed E-state index contributed by atoms with van der Waals surface area (Å²) in [6, 6.07) is 13.7. The molecule has 0 unspecified atom stereocenters. The second kappa shape index (κ2) is 5.71. The Labute approximate surface area is 157 Å². The first-order valence-electron chi connectivity index (χ1n) is 8.52. The molecule has 0 nitrogen and oxygen atoms in total. The lowest BCUT2D eigenvalue weighted by molar-refractivity contribution is 0.589. The maximum absolute atomic E-state index is 5.55. The van der Waals surface area contributed by atoms with Gasteiger partial charge in [0.2, 0.25) is 0 Å². The van der Waals surface area contributed by atoms with Gasteiger partial charge in [-0.25, -0.2) is 0 Å². The van der Waals surface area contributed by atoms with Crippen LogP contribution in [0.4, 0.5) is 0 Å². The number of fused-ring (bicyclic) bond motifs is 3. The first kappa shape index (κ1) is 17.7. The molecule has 0 radical (unpaired) electrons. The van der Waals surface area contributed by atoms with Crippen LogP contribution in [-0.2, 0) is 10.8 Å². The van der Waals surface area contributed by atoms with E-state index in [4.69, 9.17) is 12.2 Å². The summed E-state index contributed by atoms with van der Waals surface area (Å²) in [5.74, 6) is 0.109. The average Bonchev–Trinajstić information content (AvgIpc) is 2.78. The molecule has 1 aliphatic carbocycles. The van der Waals surface area contributed by atoms with Gasteiger partial charge in [0.1, 0.15) is 0 Å². The van der Waals surface area contributed by atoms with E-state index in [0.29, 0.717) is 0 Å². The number of rotatable bonds is 1. The summed E-state index contributed by atoms with van der Waals surface area (Å²) in [4.78, 5) is 0. The quantitative estimate of drug-likeness (QED) is 0.442. The molecular formula is C22H26S2. The Morgan fingerprint density at radius 3 is 1.46 bits per heavy atom. The van der Waals surface area contributed by atoms with Crippen molar-refractivity contribution in [2.24, 2.45) is 0 Å². The Balaban J connectivity index is 2.23. The summed E-state index contributed by atoms with van der Waals surface area (Å²) in [7, 11) is 0. The second-order valence-electron chi connectivity index (χ2n) is 8.88. The van der Waals surface area contributed by atoms with Crippen LogP contribution < -0.4 is 0 Å². The Kier molecular flexibility index (Phi) is 4.21. The highest BCUT2D eigenvalue weighted by atomic mass is 32.1.